The van der Waals surface area contributed by atoms with Gasteiger partial charge in [-0.05, 0) is 26.0 Å². The SMILES string of the molecule is Cc1ccc(CCN(C)Cc2cc(N)no2)cc1. The molecule has 0 unspecified atom stereocenters. The molecule has 0 amide bonds. The van der Waals surface area contributed by atoms with E-state index >= 15 is 0 Å². The molecular formula is C14H19N3O. The monoisotopic (exact) mass is 245 g/mol. The Morgan fingerprint density at radius 3 is 2.61 bits per heavy atom. The number of anilines is 1. The zero-order valence-corrected chi connectivity index (χ0v) is 10.9. The molecule has 0 atom stereocenters. The van der Waals surface area contributed by atoms with Crippen LogP contribution in [0.2, 0.25) is 0 Å². The average molecular weight is 245 g/mol. The van der Waals surface area contributed by atoms with E-state index in [2.05, 4.69) is 48.3 Å². The van der Waals surface area contributed by atoms with Crippen LogP contribution in [0.4, 0.5) is 5.82 Å². The summed E-state index contributed by atoms with van der Waals surface area (Å²) < 4.78 is 5.09. The van der Waals surface area contributed by atoms with Crippen LogP contribution in [0.1, 0.15) is 16.9 Å². The first-order valence-corrected chi connectivity index (χ1v) is 6.08. The lowest BCUT2D eigenvalue weighted by molar-refractivity contribution is 0.275. The Kier molecular flexibility index (Phi) is 3.99. The third kappa shape index (κ3) is 3.60. The molecule has 2 rings (SSSR count). The van der Waals surface area contributed by atoms with Gasteiger partial charge in [0.15, 0.2) is 11.6 Å². The van der Waals surface area contributed by atoms with Crippen molar-refractivity contribution in [3.05, 3.63) is 47.2 Å². The molecule has 0 fully saturated rings. The largest absolute Gasteiger partial charge is 0.381 e. The highest BCUT2D eigenvalue weighted by Gasteiger charge is 2.05. The van der Waals surface area contributed by atoms with Crippen LogP contribution in [0.25, 0.3) is 0 Å². The number of hydrogen-bond acceptors (Lipinski definition) is 4. The van der Waals surface area contributed by atoms with Crippen molar-refractivity contribution in [2.75, 3.05) is 19.3 Å². The molecule has 1 heterocycles. The van der Waals surface area contributed by atoms with Crippen LogP contribution in [0.5, 0.6) is 0 Å². The van der Waals surface area contributed by atoms with Crippen molar-refractivity contribution in [1.29, 1.82) is 0 Å². The van der Waals surface area contributed by atoms with Crippen molar-refractivity contribution in [2.24, 2.45) is 0 Å². The molecule has 0 saturated heterocycles. The fraction of sp³-hybridized carbons (Fsp3) is 0.357. The van der Waals surface area contributed by atoms with Gasteiger partial charge in [-0.15, -0.1) is 0 Å². The maximum absolute atomic E-state index is 5.51. The molecule has 18 heavy (non-hydrogen) atoms. The van der Waals surface area contributed by atoms with Crippen LogP contribution in [-0.2, 0) is 13.0 Å². The quantitative estimate of drug-likeness (QED) is 0.877. The van der Waals surface area contributed by atoms with Crippen molar-refractivity contribution in [2.45, 2.75) is 19.9 Å². The smallest absolute Gasteiger partial charge is 0.167 e. The van der Waals surface area contributed by atoms with Gasteiger partial charge < -0.3 is 10.3 Å². The normalized spacial score (nSPS) is 11.1. The summed E-state index contributed by atoms with van der Waals surface area (Å²) in [7, 11) is 2.06. The summed E-state index contributed by atoms with van der Waals surface area (Å²) in [6.07, 6.45) is 1.03. The first kappa shape index (κ1) is 12.6. The minimum absolute atomic E-state index is 0.442. The second kappa shape index (κ2) is 5.69. The van der Waals surface area contributed by atoms with E-state index in [1.807, 2.05) is 0 Å². The molecule has 0 aliphatic heterocycles. The molecule has 2 aromatic rings. The van der Waals surface area contributed by atoms with E-state index < -0.39 is 0 Å². The van der Waals surface area contributed by atoms with Crippen molar-refractivity contribution >= 4 is 5.82 Å². The van der Waals surface area contributed by atoms with E-state index in [1.54, 1.807) is 6.07 Å². The third-order valence-corrected chi connectivity index (χ3v) is 2.91. The highest BCUT2D eigenvalue weighted by molar-refractivity contribution is 5.26. The minimum Gasteiger partial charge on any atom is -0.381 e. The lowest BCUT2D eigenvalue weighted by atomic mass is 10.1. The van der Waals surface area contributed by atoms with Gasteiger partial charge in [-0.3, -0.25) is 4.90 Å². The first-order valence-electron chi connectivity index (χ1n) is 6.08. The molecule has 4 nitrogen and oxygen atoms in total. The Bertz CT molecular complexity index is 490. The van der Waals surface area contributed by atoms with Crippen LogP contribution in [0.3, 0.4) is 0 Å². The second-order valence-corrected chi connectivity index (χ2v) is 4.69. The van der Waals surface area contributed by atoms with Crippen molar-refractivity contribution in [3.8, 4) is 0 Å². The Morgan fingerprint density at radius 1 is 1.28 bits per heavy atom. The van der Waals surface area contributed by atoms with E-state index in [4.69, 9.17) is 10.3 Å². The Balaban J connectivity index is 1.81. The molecule has 0 radical (unpaired) electrons. The summed E-state index contributed by atoms with van der Waals surface area (Å²) in [6.45, 7) is 3.81. The fourth-order valence-corrected chi connectivity index (χ4v) is 1.82. The van der Waals surface area contributed by atoms with E-state index in [0.717, 1.165) is 25.3 Å². The number of nitrogens with zero attached hydrogens (tertiary/aromatic N) is 2. The highest BCUT2D eigenvalue weighted by atomic mass is 16.5. The molecule has 0 aliphatic carbocycles. The summed E-state index contributed by atoms with van der Waals surface area (Å²) in [4.78, 5) is 2.19. The average Bonchev–Trinajstić information content (AvgIpc) is 2.74. The maximum Gasteiger partial charge on any atom is 0.167 e. The summed E-state index contributed by atoms with van der Waals surface area (Å²) in [5, 5.41) is 3.67. The van der Waals surface area contributed by atoms with Gasteiger partial charge in [0.1, 0.15) is 0 Å². The number of benzene rings is 1. The molecule has 0 bridgehead atoms. The molecule has 96 valence electrons. The number of likely N-dealkylation sites (N-methyl/N-ethyl adjacent to an activating group) is 1. The maximum atomic E-state index is 5.51. The Hall–Kier alpha value is -1.81. The minimum atomic E-state index is 0.442. The van der Waals surface area contributed by atoms with Gasteiger partial charge in [-0.25, -0.2) is 0 Å². The number of hydrogen-bond donors (Lipinski definition) is 1. The van der Waals surface area contributed by atoms with Crippen molar-refractivity contribution in [3.63, 3.8) is 0 Å². The van der Waals surface area contributed by atoms with E-state index in [1.165, 1.54) is 11.1 Å². The number of rotatable bonds is 5. The Labute approximate surface area is 107 Å². The lowest BCUT2D eigenvalue weighted by Crippen LogP contribution is -2.20. The third-order valence-electron chi connectivity index (χ3n) is 2.91. The van der Waals surface area contributed by atoms with E-state index in [-0.39, 0.29) is 0 Å². The summed E-state index contributed by atoms with van der Waals surface area (Å²) in [5.74, 6) is 1.25. The lowest BCUT2D eigenvalue weighted by Gasteiger charge is -2.14. The highest BCUT2D eigenvalue weighted by Crippen LogP contribution is 2.09. The predicted octanol–water partition coefficient (Wildman–Crippen LogP) is 2.24. The van der Waals surface area contributed by atoms with E-state index in [0.29, 0.717) is 5.82 Å². The standard InChI is InChI=1S/C14H19N3O/c1-11-3-5-12(6-4-11)7-8-17(2)10-13-9-14(15)16-18-13/h3-6,9H,7-8,10H2,1-2H3,(H2,15,16). The van der Waals surface area contributed by atoms with Gasteiger partial charge in [0.05, 0.1) is 6.54 Å². The number of aryl methyl sites for hydroxylation is 1. The summed E-state index contributed by atoms with van der Waals surface area (Å²) >= 11 is 0. The molecule has 4 heteroatoms. The van der Waals surface area contributed by atoms with Crippen LogP contribution < -0.4 is 5.73 Å². The van der Waals surface area contributed by atoms with Gasteiger partial charge in [0.25, 0.3) is 0 Å². The molecule has 1 aromatic heterocycles. The van der Waals surface area contributed by atoms with Gasteiger partial charge in [0.2, 0.25) is 0 Å². The summed E-state index contributed by atoms with van der Waals surface area (Å²) in [5.41, 5.74) is 8.16. The van der Waals surface area contributed by atoms with Gasteiger partial charge in [-0.1, -0.05) is 35.0 Å². The predicted molar refractivity (Wildman–Crippen MR) is 72.1 cm³/mol. The van der Waals surface area contributed by atoms with E-state index in [9.17, 15) is 0 Å². The van der Waals surface area contributed by atoms with Crippen LogP contribution >= 0.6 is 0 Å². The zero-order valence-electron chi connectivity index (χ0n) is 10.9. The van der Waals surface area contributed by atoms with Crippen molar-refractivity contribution in [1.82, 2.24) is 10.1 Å². The molecule has 1 aromatic carbocycles. The van der Waals surface area contributed by atoms with Crippen LogP contribution in [-0.4, -0.2) is 23.6 Å². The van der Waals surface area contributed by atoms with Crippen LogP contribution in [0.15, 0.2) is 34.9 Å². The number of aromatic nitrogens is 1. The van der Waals surface area contributed by atoms with Crippen molar-refractivity contribution < 1.29 is 4.52 Å². The summed E-state index contributed by atoms with van der Waals surface area (Å²) in [6, 6.07) is 10.4. The molecule has 0 spiro atoms. The molecule has 2 N–H and O–H groups in total. The van der Waals surface area contributed by atoms with Crippen LogP contribution in [0, 0.1) is 6.92 Å². The topological polar surface area (TPSA) is 55.3 Å². The van der Waals surface area contributed by atoms with Gasteiger partial charge in [0, 0.05) is 12.6 Å². The second-order valence-electron chi connectivity index (χ2n) is 4.69. The molecule has 0 aliphatic rings. The number of nitrogens with two attached hydrogens (primary N) is 1. The van der Waals surface area contributed by atoms with Gasteiger partial charge in [-0.2, -0.15) is 0 Å². The number of nitrogen functional groups attached to an aromatic ring is 1. The molecular weight excluding hydrogens is 226 g/mol. The van der Waals surface area contributed by atoms with Gasteiger partial charge >= 0.3 is 0 Å². The molecule has 0 saturated carbocycles. The fourth-order valence-electron chi connectivity index (χ4n) is 1.82. The zero-order chi connectivity index (χ0) is 13.0. The Morgan fingerprint density at radius 2 is 2.00 bits per heavy atom. The first-order chi connectivity index (χ1) is 8.63.